The van der Waals surface area contributed by atoms with Crippen LogP contribution in [0.25, 0.3) is 0 Å². The summed E-state index contributed by atoms with van der Waals surface area (Å²) < 4.78 is 5.03. The fourth-order valence-electron chi connectivity index (χ4n) is 7.21. The third kappa shape index (κ3) is 5.92. The maximum atomic E-state index is 10.6. The van der Waals surface area contributed by atoms with Crippen LogP contribution in [0.4, 0.5) is 0 Å². The lowest BCUT2D eigenvalue weighted by atomic mass is 9.60. The molecular formula is C28H48O5. The molecule has 0 aliphatic heterocycles. The molecule has 190 valence electrons. The van der Waals surface area contributed by atoms with E-state index in [0.29, 0.717) is 30.1 Å². The molecular weight excluding hydrogens is 416 g/mol. The summed E-state index contributed by atoms with van der Waals surface area (Å²) in [7, 11) is 1.47. The quantitative estimate of drug-likeness (QED) is 0.424. The van der Waals surface area contributed by atoms with Crippen LogP contribution >= 0.6 is 0 Å². The van der Waals surface area contributed by atoms with E-state index in [1.165, 1.54) is 44.8 Å². The minimum atomic E-state index is -1.59. The summed E-state index contributed by atoms with van der Waals surface area (Å²) in [5.74, 6) is 2.00. The normalized spacial score (nSPS) is 39.5. The van der Waals surface area contributed by atoms with Crippen molar-refractivity contribution in [2.24, 2.45) is 23.2 Å². The van der Waals surface area contributed by atoms with Crippen LogP contribution in [-0.4, -0.2) is 57.6 Å². The third-order valence-corrected chi connectivity index (χ3v) is 9.15. The molecule has 5 nitrogen and oxygen atoms in total. The van der Waals surface area contributed by atoms with Crippen molar-refractivity contribution in [2.45, 2.75) is 115 Å². The molecule has 0 spiro atoms. The van der Waals surface area contributed by atoms with Crippen molar-refractivity contribution in [3.05, 3.63) is 23.3 Å². The van der Waals surface area contributed by atoms with Crippen molar-refractivity contribution in [1.29, 1.82) is 0 Å². The number of hydrogen-bond acceptors (Lipinski definition) is 5. The van der Waals surface area contributed by atoms with Crippen LogP contribution in [0.3, 0.4) is 0 Å². The lowest BCUT2D eigenvalue weighted by Gasteiger charge is -2.44. The van der Waals surface area contributed by atoms with Gasteiger partial charge in [0.25, 0.3) is 0 Å². The van der Waals surface area contributed by atoms with Gasteiger partial charge in [-0.3, -0.25) is 0 Å². The molecule has 6 atom stereocenters. The van der Waals surface area contributed by atoms with Crippen LogP contribution < -0.4 is 0 Å². The number of ether oxygens (including phenoxy) is 1. The van der Waals surface area contributed by atoms with Gasteiger partial charge in [0.2, 0.25) is 0 Å². The molecule has 0 aromatic heterocycles. The van der Waals surface area contributed by atoms with Gasteiger partial charge < -0.3 is 25.2 Å². The van der Waals surface area contributed by atoms with Gasteiger partial charge in [-0.2, -0.15) is 0 Å². The second-order valence-electron chi connectivity index (χ2n) is 12.2. The Hall–Kier alpha value is -0.720. The van der Waals surface area contributed by atoms with E-state index in [-0.39, 0.29) is 6.61 Å². The maximum absolute atomic E-state index is 10.6. The van der Waals surface area contributed by atoms with Crippen molar-refractivity contribution in [2.75, 3.05) is 13.7 Å². The fourth-order valence-corrected chi connectivity index (χ4v) is 7.21. The van der Waals surface area contributed by atoms with Crippen molar-refractivity contribution < 1.29 is 25.2 Å². The highest BCUT2D eigenvalue weighted by Crippen LogP contribution is 2.60. The average Bonchev–Trinajstić information content (AvgIpc) is 3.07. The molecule has 5 heteroatoms. The number of rotatable bonds is 8. The molecule has 33 heavy (non-hydrogen) atoms. The lowest BCUT2D eigenvalue weighted by Crippen LogP contribution is -2.58. The second kappa shape index (κ2) is 10.5. The zero-order valence-corrected chi connectivity index (χ0v) is 21.5. The Balaban J connectivity index is 1.68. The van der Waals surface area contributed by atoms with Gasteiger partial charge in [0.15, 0.2) is 0 Å². The standard InChI is InChI=1S/C28H48O5/c1-19(8-6-14-26(2,3)31)22-12-13-23-21(9-7-15-27(22,23)4)11-10-20-16-24(29)28(32,18-33-5)25(30)17-20/h10-11,19,22-25,29-32H,6-9,12-18H2,1-5H3/b20-10?,21-11-/t19-,22-,23+,24-,25-,27-,28?/m1/s1. The van der Waals surface area contributed by atoms with E-state index < -0.39 is 23.4 Å². The van der Waals surface area contributed by atoms with Gasteiger partial charge in [0.05, 0.1) is 24.4 Å². The highest BCUT2D eigenvalue weighted by Gasteiger charge is 2.50. The Labute approximate surface area is 200 Å². The Morgan fingerprint density at radius 1 is 1.15 bits per heavy atom. The first kappa shape index (κ1) is 26.9. The maximum Gasteiger partial charge on any atom is 0.140 e. The number of allylic oxidation sites excluding steroid dienone is 3. The topological polar surface area (TPSA) is 90.2 Å². The Morgan fingerprint density at radius 2 is 1.82 bits per heavy atom. The summed E-state index contributed by atoms with van der Waals surface area (Å²) in [4.78, 5) is 0. The van der Waals surface area contributed by atoms with Gasteiger partial charge >= 0.3 is 0 Å². The fraction of sp³-hybridized carbons (Fsp3) is 0.857. The van der Waals surface area contributed by atoms with E-state index in [0.717, 1.165) is 30.8 Å². The predicted molar refractivity (Wildman–Crippen MR) is 132 cm³/mol. The van der Waals surface area contributed by atoms with Crippen LogP contribution in [0, 0.1) is 23.2 Å². The molecule has 0 bridgehead atoms. The first-order chi connectivity index (χ1) is 15.4. The molecule has 3 saturated carbocycles. The van der Waals surface area contributed by atoms with Crippen LogP contribution in [0.5, 0.6) is 0 Å². The van der Waals surface area contributed by atoms with Crippen LogP contribution in [0.1, 0.15) is 91.9 Å². The monoisotopic (exact) mass is 464 g/mol. The minimum absolute atomic E-state index is 0.0699. The summed E-state index contributed by atoms with van der Waals surface area (Å²) in [5.41, 5.74) is 0.675. The smallest absolute Gasteiger partial charge is 0.140 e. The van der Waals surface area contributed by atoms with Gasteiger partial charge in [-0.15, -0.1) is 0 Å². The molecule has 3 rings (SSSR count). The molecule has 3 aliphatic carbocycles. The van der Waals surface area contributed by atoms with Gasteiger partial charge in [-0.1, -0.05) is 50.0 Å². The predicted octanol–water partition coefficient (Wildman–Crippen LogP) is 4.53. The molecule has 0 aromatic rings. The molecule has 4 N–H and O–H groups in total. The molecule has 0 saturated heterocycles. The van der Waals surface area contributed by atoms with E-state index in [1.54, 1.807) is 0 Å². The summed E-state index contributed by atoms with van der Waals surface area (Å²) in [6.45, 7) is 8.65. The molecule has 0 amide bonds. The van der Waals surface area contributed by atoms with Crippen LogP contribution in [0.15, 0.2) is 23.3 Å². The lowest BCUT2D eigenvalue weighted by molar-refractivity contribution is -0.181. The Kier molecular flexibility index (Phi) is 8.55. The molecule has 0 aromatic carbocycles. The molecule has 0 heterocycles. The van der Waals surface area contributed by atoms with E-state index in [4.69, 9.17) is 4.74 Å². The highest BCUT2D eigenvalue weighted by atomic mass is 16.5. The number of fused-ring (bicyclic) bond motifs is 1. The number of methoxy groups -OCH3 is 1. The largest absolute Gasteiger partial charge is 0.390 e. The molecule has 0 unspecified atom stereocenters. The SMILES string of the molecule is COCC1(O)[C@H](O)CC(=C/C=C2/CCC[C@]3(C)[C@@H]([C@H](C)CCCC(C)(C)O)CC[C@@H]23)C[C@H]1O. The first-order valence-electron chi connectivity index (χ1n) is 13.1. The van der Waals surface area contributed by atoms with E-state index in [1.807, 2.05) is 13.8 Å². The van der Waals surface area contributed by atoms with E-state index >= 15 is 0 Å². The Bertz CT molecular complexity index is 706. The zero-order valence-electron chi connectivity index (χ0n) is 21.5. The summed E-state index contributed by atoms with van der Waals surface area (Å²) in [5, 5.41) is 41.6. The average molecular weight is 465 g/mol. The number of aliphatic hydroxyl groups excluding tert-OH is 2. The summed E-state index contributed by atoms with van der Waals surface area (Å²) in [6.07, 6.45) is 12.3. The minimum Gasteiger partial charge on any atom is -0.390 e. The summed E-state index contributed by atoms with van der Waals surface area (Å²) in [6, 6.07) is 0. The number of hydrogen-bond donors (Lipinski definition) is 4. The third-order valence-electron chi connectivity index (χ3n) is 9.15. The van der Waals surface area contributed by atoms with E-state index in [2.05, 4.69) is 26.0 Å². The summed E-state index contributed by atoms with van der Waals surface area (Å²) >= 11 is 0. The Morgan fingerprint density at radius 3 is 2.42 bits per heavy atom. The first-order valence-corrected chi connectivity index (χ1v) is 13.1. The van der Waals surface area contributed by atoms with Crippen LogP contribution in [-0.2, 0) is 4.74 Å². The zero-order chi connectivity index (χ0) is 24.4. The second-order valence-corrected chi connectivity index (χ2v) is 12.2. The molecule has 0 radical (unpaired) electrons. The highest BCUT2D eigenvalue weighted by molar-refractivity contribution is 5.27. The van der Waals surface area contributed by atoms with Crippen molar-refractivity contribution in [3.63, 3.8) is 0 Å². The number of aliphatic hydroxyl groups is 4. The van der Waals surface area contributed by atoms with Crippen molar-refractivity contribution >= 4 is 0 Å². The van der Waals surface area contributed by atoms with Gasteiger partial charge in [-0.25, -0.2) is 0 Å². The molecule has 3 fully saturated rings. The van der Waals surface area contributed by atoms with Crippen molar-refractivity contribution in [3.8, 4) is 0 Å². The van der Waals surface area contributed by atoms with Gasteiger partial charge in [0.1, 0.15) is 5.60 Å². The van der Waals surface area contributed by atoms with Crippen LogP contribution in [0.2, 0.25) is 0 Å². The van der Waals surface area contributed by atoms with E-state index in [9.17, 15) is 20.4 Å². The van der Waals surface area contributed by atoms with Gasteiger partial charge in [0, 0.05) is 7.11 Å². The molecule has 3 aliphatic rings. The van der Waals surface area contributed by atoms with Crippen molar-refractivity contribution in [1.82, 2.24) is 0 Å². The van der Waals surface area contributed by atoms with Gasteiger partial charge in [-0.05, 0) is 88.4 Å².